The van der Waals surface area contributed by atoms with Crippen LogP contribution in [0.25, 0.3) is 33.5 Å². The maximum absolute atomic E-state index is 11.9. The molecule has 0 bridgehead atoms. The highest BCUT2D eigenvalue weighted by atomic mass is 16.5. The molecule has 1 aliphatic heterocycles. The second kappa shape index (κ2) is 8.59. The van der Waals surface area contributed by atoms with Gasteiger partial charge in [-0.05, 0) is 42.3 Å². The highest BCUT2D eigenvalue weighted by Gasteiger charge is 2.28. The lowest BCUT2D eigenvalue weighted by Crippen LogP contribution is -2.08. The standard InChI is InChI=1S/C27H24N8O2/c1-5-21(36)32-20-12-19(35(4)33-20)25-23-18-10-9-17(37-22-8-6-7-15(2)31-22)11-16(18)13-28-26-24(23)27(34(25)3)30-14-29-26/h5-12,14H,1,13H2,2-4H3,(H,28,29,30)(H,32,33,36). The van der Waals surface area contributed by atoms with Gasteiger partial charge in [-0.25, -0.2) is 15.0 Å². The van der Waals surface area contributed by atoms with Crippen molar-refractivity contribution in [2.75, 3.05) is 10.6 Å². The third kappa shape index (κ3) is 3.79. The molecule has 10 nitrogen and oxygen atoms in total. The van der Waals surface area contributed by atoms with Crippen LogP contribution >= 0.6 is 0 Å². The highest BCUT2D eigenvalue weighted by Crippen LogP contribution is 2.46. The Morgan fingerprint density at radius 2 is 2.05 bits per heavy atom. The Morgan fingerprint density at radius 1 is 1.19 bits per heavy atom. The molecule has 0 radical (unpaired) electrons. The van der Waals surface area contributed by atoms with E-state index in [9.17, 15) is 4.79 Å². The SMILES string of the molecule is C=CC(=O)Nc1cc(-c2c3c4c(ncnc4n2C)NCc2cc(Oc4cccc(C)n4)ccc2-3)n(C)n1. The van der Waals surface area contributed by atoms with Crippen molar-refractivity contribution in [3.05, 3.63) is 72.7 Å². The molecule has 5 heterocycles. The first-order valence-corrected chi connectivity index (χ1v) is 11.7. The lowest BCUT2D eigenvalue weighted by Gasteiger charge is -2.13. The van der Waals surface area contributed by atoms with Crippen molar-refractivity contribution in [2.45, 2.75) is 13.5 Å². The number of amides is 1. The fraction of sp³-hybridized carbons (Fsp3) is 0.148. The van der Waals surface area contributed by atoms with E-state index in [-0.39, 0.29) is 5.91 Å². The molecule has 0 saturated carbocycles. The Kier molecular flexibility index (Phi) is 5.22. The van der Waals surface area contributed by atoms with Gasteiger partial charge in [-0.2, -0.15) is 5.10 Å². The second-order valence-electron chi connectivity index (χ2n) is 8.83. The lowest BCUT2D eigenvalue weighted by molar-refractivity contribution is -0.111. The van der Waals surface area contributed by atoms with Crippen LogP contribution in [-0.2, 0) is 25.4 Å². The summed E-state index contributed by atoms with van der Waals surface area (Å²) in [4.78, 5) is 25.5. The van der Waals surface area contributed by atoms with Gasteiger partial charge >= 0.3 is 0 Å². The number of ether oxygens (including phenoxy) is 1. The minimum atomic E-state index is -0.321. The van der Waals surface area contributed by atoms with Gasteiger partial charge in [0.2, 0.25) is 11.8 Å². The minimum Gasteiger partial charge on any atom is -0.439 e. The molecule has 0 aliphatic carbocycles. The molecule has 1 aliphatic rings. The molecule has 184 valence electrons. The molecule has 1 aromatic carbocycles. The van der Waals surface area contributed by atoms with E-state index in [1.165, 1.54) is 6.08 Å². The number of anilines is 2. The molecule has 37 heavy (non-hydrogen) atoms. The molecular weight excluding hydrogens is 468 g/mol. The summed E-state index contributed by atoms with van der Waals surface area (Å²) >= 11 is 0. The molecule has 10 heteroatoms. The number of hydrogen-bond acceptors (Lipinski definition) is 7. The van der Waals surface area contributed by atoms with Crippen LogP contribution < -0.4 is 15.4 Å². The monoisotopic (exact) mass is 492 g/mol. The minimum absolute atomic E-state index is 0.321. The third-order valence-corrected chi connectivity index (χ3v) is 6.40. The molecule has 2 N–H and O–H groups in total. The Balaban J connectivity index is 1.52. The van der Waals surface area contributed by atoms with Gasteiger partial charge in [0.25, 0.3) is 0 Å². The molecule has 6 rings (SSSR count). The Morgan fingerprint density at radius 3 is 2.86 bits per heavy atom. The molecule has 0 saturated heterocycles. The summed E-state index contributed by atoms with van der Waals surface area (Å²) in [5.41, 5.74) is 6.46. The summed E-state index contributed by atoms with van der Waals surface area (Å²) in [6, 6.07) is 13.6. The van der Waals surface area contributed by atoms with Crippen LogP contribution in [0.4, 0.5) is 11.6 Å². The van der Waals surface area contributed by atoms with Crippen LogP contribution in [0.5, 0.6) is 11.6 Å². The van der Waals surface area contributed by atoms with Crippen LogP contribution in [0, 0.1) is 6.92 Å². The number of benzene rings is 1. The van der Waals surface area contributed by atoms with Crippen molar-refractivity contribution in [1.82, 2.24) is 29.3 Å². The summed E-state index contributed by atoms with van der Waals surface area (Å²) < 4.78 is 9.85. The fourth-order valence-electron chi connectivity index (χ4n) is 4.77. The molecule has 4 aromatic heterocycles. The zero-order valence-corrected chi connectivity index (χ0v) is 20.6. The first-order valence-electron chi connectivity index (χ1n) is 11.7. The zero-order chi connectivity index (χ0) is 25.7. The molecule has 1 amide bonds. The third-order valence-electron chi connectivity index (χ3n) is 6.40. The van der Waals surface area contributed by atoms with Crippen LogP contribution in [0.3, 0.4) is 0 Å². The Bertz CT molecular complexity index is 1720. The van der Waals surface area contributed by atoms with Gasteiger partial charge in [-0.1, -0.05) is 18.7 Å². The summed E-state index contributed by atoms with van der Waals surface area (Å²) in [5, 5.41) is 11.6. The lowest BCUT2D eigenvalue weighted by atomic mass is 9.97. The number of fused-ring (bicyclic) bond motifs is 2. The van der Waals surface area contributed by atoms with E-state index in [1.54, 1.807) is 11.0 Å². The van der Waals surface area contributed by atoms with E-state index >= 15 is 0 Å². The second-order valence-corrected chi connectivity index (χ2v) is 8.83. The van der Waals surface area contributed by atoms with Gasteiger partial charge in [0.15, 0.2) is 5.82 Å². The van der Waals surface area contributed by atoms with Crippen LogP contribution in [0.1, 0.15) is 11.3 Å². The summed E-state index contributed by atoms with van der Waals surface area (Å²) in [7, 11) is 3.81. The number of aryl methyl sites for hydroxylation is 3. The van der Waals surface area contributed by atoms with E-state index in [0.29, 0.717) is 24.0 Å². The van der Waals surface area contributed by atoms with Crippen LogP contribution in [-0.4, -0.2) is 35.2 Å². The summed E-state index contributed by atoms with van der Waals surface area (Å²) in [6.45, 7) is 6.01. The van der Waals surface area contributed by atoms with E-state index in [1.807, 2.05) is 62.0 Å². The van der Waals surface area contributed by atoms with Crippen molar-refractivity contribution in [2.24, 2.45) is 14.1 Å². The normalized spacial score (nSPS) is 12.0. The fourth-order valence-corrected chi connectivity index (χ4v) is 4.77. The van der Waals surface area contributed by atoms with Gasteiger partial charge in [-0.15, -0.1) is 0 Å². The topological polar surface area (TPSA) is 112 Å². The van der Waals surface area contributed by atoms with Crippen molar-refractivity contribution in [3.63, 3.8) is 0 Å². The number of nitrogens with one attached hydrogen (secondary N) is 2. The number of aromatic nitrogens is 6. The number of pyridine rings is 1. The molecule has 0 atom stereocenters. The van der Waals surface area contributed by atoms with Gasteiger partial charge in [-0.3, -0.25) is 9.48 Å². The number of hydrogen-bond donors (Lipinski definition) is 2. The predicted molar refractivity (Wildman–Crippen MR) is 141 cm³/mol. The predicted octanol–water partition coefficient (Wildman–Crippen LogP) is 4.58. The Labute approximate surface area is 212 Å². The van der Waals surface area contributed by atoms with Crippen LogP contribution in [0.2, 0.25) is 0 Å². The van der Waals surface area contributed by atoms with Gasteiger partial charge in [0.05, 0.1) is 16.8 Å². The molecule has 5 aromatic rings. The van der Waals surface area contributed by atoms with Crippen molar-refractivity contribution in [3.8, 4) is 34.1 Å². The maximum Gasteiger partial charge on any atom is 0.248 e. The quantitative estimate of drug-likeness (QED) is 0.345. The highest BCUT2D eigenvalue weighted by molar-refractivity contribution is 6.09. The zero-order valence-electron chi connectivity index (χ0n) is 20.6. The smallest absolute Gasteiger partial charge is 0.248 e. The van der Waals surface area contributed by atoms with E-state index < -0.39 is 0 Å². The molecule has 0 fully saturated rings. The van der Waals surface area contributed by atoms with E-state index in [4.69, 9.17) is 4.74 Å². The number of nitrogens with zero attached hydrogens (tertiary/aromatic N) is 6. The average Bonchev–Trinajstić information content (AvgIpc) is 3.32. The first kappa shape index (κ1) is 22.5. The largest absolute Gasteiger partial charge is 0.439 e. The van der Waals surface area contributed by atoms with E-state index in [0.717, 1.165) is 50.6 Å². The molecule has 0 unspecified atom stereocenters. The van der Waals surface area contributed by atoms with Gasteiger partial charge in [0.1, 0.15) is 23.5 Å². The maximum atomic E-state index is 11.9. The van der Waals surface area contributed by atoms with Crippen molar-refractivity contribution in [1.29, 1.82) is 0 Å². The van der Waals surface area contributed by atoms with Crippen LogP contribution in [0.15, 0.2) is 61.4 Å². The van der Waals surface area contributed by atoms with Gasteiger partial charge < -0.3 is 19.9 Å². The Hall–Kier alpha value is -4.99. The summed E-state index contributed by atoms with van der Waals surface area (Å²) in [5.74, 6) is 2.11. The van der Waals surface area contributed by atoms with Crippen molar-refractivity contribution >= 4 is 28.6 Å². The van der Waals surface area contributed by atoms with Gasteiger partial charge in [0, 0.05) is 44.0 Å². The van der Waals surface area contributed by atoms with Crippen molar-refractivity contribution < 1.29 is 9.53 Å². The number of carbonyl (C=O) groups is 1. The average molecular weight is 493 g/mol. The molecule has 0 spiro atoms. The molecular formula is C27H24N8O2. The first-order chi connectivity index (χ1) is 17.9. The van der Waals surface area contributed by atoms with E-state index in [2.05, 4.69) is 43.3 Å². The number of rotatable bonds is 5. The summed E-state index contributed by atoms with van der Waals surface area (Å²) in [6.07, 6.45) is 2.78. The number of carbonyl (C=O) groups excluding carboxylic acids is 1.